The topological polar surface area (TPSA) is 265 Å². The fraction of sp³-hybridized carbons (Fsp3) is 0.457. The van der Waals surface area contributed by atoms with Gasteiger partial charge in [0.2, 0.25) is 11.8 Å². The Morgan fingerprint density at radius 1 is 0.846 bits per heavy atom. The Bertz CT molecular complexity index is 1570. The van der Waals surface area contributed by atoms with E-state index in [4.69, 9.17) is 22.3 Å². The lowest BCUT2D eigenvalue weighted by atomic mass is 10.0. The highest BCUT2D eigenvalue weighted by Gasteiger charge is 2.29. The van der Waals surface area contributed by atoms with Gasteiger partial charge in [-0.15, -0.1) is 0 Å². The van der Waals surface area contributed by atoms with E-state index < -0.39 is 54.3 Å². The number of nitrogens with two attached hydrogens (primary N) is 3. The number of hydrogen-bond acceptors (Lipinski definition) is 8. The number of nitrogens with one attached hydrogen (secondary N) is 3. The molecular formula is C35H51BrN9O7+. The number of unbranched alkanes of at least 4 members (excludes halogenated alkanes) is 1. The average molecular weight is 790 g/mol. The van der Waals surface area contributed by atoms with Gasteiger partial charge in [0.05, 0.1) is 33.7 Å². The zero-order valence-corrected chi connectivity index (χ0v) is 31.4. The van der Waals surface area contributed by atoms with Gasteiger partial charge in [-0.3, -0.25) is 29.0 Å². The van der Waals surface area contributed by atoms with Crippen molar-refractivity contribution in [3.8, 4) is 5.75 Å². The lowest BCUT2D eigenvalue weighted by molar-refractivity contribution is -0.870. The van der Waals surface area contributed by atoms with Crippen LogP contribution in [-0.2, 0) is 36.8 Å². The van der Waals surface area contributed by atoms with Gasteiger partial charge in [-0.05, 0) is 73.9 Å². The maximum Gasteiger partial charge on any atom is 0.322 e. The normalized spacial score (nSPS) is 13.3. The first-order valence-corrected chi connectivity index (χ1v) is 17.6. The van der Waals surface area contributed by atoms with Crippen LogP contribution in [0.2, 0.25) is 0 Å². The first kappa shape index (κ1) is 43.3. The number of rotatable bonds is 21. The van der Waals surface area contributed by atoms with Crippen molar-refractivity contribution in [3.05, 3.63) is 64.1 Å². The van der Waals surface area contributed by atoms with Crippen molar-refractivity contribution in [2.75, 3.05) is 40.8 Å². The summed E-state index contributed by atoms with van der Waals surface area (Å²) in [7, 11) is 6.11. The SMILES string of the molecule is C[N+](C)(C)CCCCC(=NC(=O)C(N)Cc1ccc(Br)cc1)C(=O)NC(CCCN=C(N)N)C(=O)NC(Cc1ccc(O)cc1)C(=O)NCC(=O)O. The molecule has 284 valence electrons. The second-order valence-corrected chi connectivity index (χ2v) is 14.2. The highest BCUT2D eigenvalue weighted by molar-refractivity contribution is 9.10. The summed E-state index contributed by atoms with van der Waals surface area (Å²) >= 11 is 3.38. The number of hydrogen-bond donors (Lipinski definition) is 8. The Morgan fingerprint density at radius 2 is 1.46 bits per heavy atom. The summed E-state index contributed by atoms with van der Waals surface area (Å²) in [6.07, 6.45) is 1.79. The van der Waals surface area contributed by atoms with Crippen molar-refractivity contribution in [1.29, 1.82) is 0 Å². The van der Waals surface area contributed by atoms with Gasteiger partial charge in [-0.25, -0.2) is 4.99 Å². The Balaban J connectivity index is 2.37. The molecule has 0 radical (unpaired) electrons. The molecule has 0 bridgehead atoms. The van der Waals surface area contributed by atoms with E-state index >= 15 is 0 Å². The third-order valence-corrected chi connectivity index (χ3v) is 8.20. The van der Waals surface area contributed by atoms with E-state index in [0.29, 0.717) is 16.5 Å². The van der Waals surface area contributed by atoms with E-state index in [1.165, 1.54) is 12.1 Å². The van der Waals surface area contributed by atoms with E-state index in [9.17, 15) is 29.1 Å². The molecular weight excluding hydrogens is 738 g/mol. The number of carbonyl (C=O) groups excluding carboxylic acids is 4. The number of benzene rings is 2. The minimum absolute atomic E-state index is 0.00842. The minimum atomic E-state index is -1.28. The molecule has 0 spiro atoms. The van der Waals surface area contributed by atoms with Crippen LogP contribution < -0.4 is 33.2 Å². The number of aromatic hydroxyl groups is 1. The number of phenolic OH excluding ortho intramolecular Hbond substituents is 1. The van der Waals surface area contributed by atoms with Gasteiger partial charge in [0, 0.05) is 17.4 Å². The molecule has 17 heteroatoms. The van der Waals surface area contributed by atoms with Gasteiger partial charge in [0.15, 0.2) is 5.96 Å². The van der Waals surface area contributed by atoms with Crippen LogP contribution in [0.25, 0.3) is 0 Å². The molecule has 16 nitrogen and oxygen atoms in total. The van der Waals surface area contributed by atoms with Crippen molar-refractivity contribution < 1.29 is 38.7 Å². The Hall–Kier alpha value is -4.87. The van der Waals surface area contributed by atoms with E-state index in [-0.39, 0.29) is 56.1 Å². The number of guanidine groups is 1. The third kappa shape index (κ3) is 17.4. The number of aliphatic carboxylic acids is 1. The van der Waals surface area contributed by atoms with Crippen molar-refractivity contribution in [3.63, 3.8) is 0 Å². The number of quaternary nitrogens is 1. The largest absolute Gasteiger partial charge is 0.508 e. The Labute approximate surface area is 312 Å². The molecule has 0 aliphatic carbocycles. The highest BCUT2D eigenvalue weighted by Crippen LogP contribution is 2.14. The van der Waals surface area contributed by atoms with Crippen molar-refractivity contribution in [2.24, 2.45) is 27.2 Å². The number of phenols is 1. The average Bonchev–Trinajstić information content (AvgIpc) is 3.07. The molecule has 3 atom stereocenters. The van der Waals surface area contributed by atoms with Crippen molar-refractivity contribution >= 4 is 57.2 Å². The summed E-state index contributed by atoms with van der Waals surface area (Å²) in [5, 5.41) is 26.3. The zero-order valence-electron chi connectivity index (χ0n) is 29.8. The Morgan fingerprint density at radius 3 is 2.06 bits per heavy atom. The highest BCUT2D eigenvalue weighted by atomic mass is 79.9. The first-order chi connectivity index (χ1) is 24.4. The lowest BCUT2D eigenvalue weighted by Crippen LogP contribution is -2.55. The van der Waals surface area contributed by atoms with Crippen LogP contribution in [0, 0.1) is 0 Å². The minimum Gasteiger partial charge on any atom is -0.508 e. The monoisotopic (exact) mass is 788 g/mol. The molecule has 0 aromatic heterocycles. The lowest BCUT2D eigenvalue weighted by Gasteiger charge is -2.24. The molecule has 52 heavy (non-hydrogen) atoms. The molecule has 11 N–H and O–H groups in total. The molecule has 2 aromatic carbocycles. The van der Waals surface area contributed by atoms with Crippen LogP contribution in [0.1, 0.15) is 43.2 Å². The number of nitrogens with zero attached hydrogens (tertiary/aromatic N) is 3. The van der Waals surface area contributed by atoms with E-state index in [2.05, 4.69) is 41.9 Å². The molecule has 0 fully saturated rings. The number of carbonyl (C=O) groups is 5. The molecule has 0 heterocycles. The summed E-state index contributed by atoms with van der Waals surface area (Å²) in [5.41, 5.74) is 18.4. The van der Waals surface area contributed by atoms with Gasteiger partial charge >= 0.3 is 5.97 Å². The van der Waals surface area contributed by atoms with Crippen LogP contribution in [0.5, 0.6) is 5.75 Å². The number of aliphatic imine (C=N–C) groups is 2. The van der Waals surface area contributed by atoms with Gasteiger partial charge in [-0.1, -0.05) is 40.2 Å². The molecule has 4 amide bonds. The van der Waals surface area contributed by atoms with Crippen LogP contribution >= 0.6 is 15.9 Å². The van der Waals surface area contributed by atoms with E-state index in [1.54, 1.807) is 12.1 Å². The van der Waals surface area contributed by atoms with Gasteiger partial charge in [-0.2, -0.15) is 0 Å². The maximum absolute atomic E-state index is 13.8. The second-order valence-electron chi connectivity index (χ2n) is 13.3. The summed E-state index contributed by atoms with van der Waals surface area (Å²) in [4.78, 5) is 73.1. The predicted octanol–water partition coefficient (Wildman–Crippen LogP) is 0.335. The predicted molar refractivity (Wildman–Crippen MR) is 201 cm³/mol. The van der Waals surface area contributed by atoms with Crippen molar-refractivity contribution in [2.45, 2.75) is 63.1 Å². The summed E-state index contributed by atoms with van der Waals surface area (Å²) in [6, 6.07) is 9.68. The first-order valence-electron chi connectivity index (χ1n) is 16.8. The van der Waals surface area contributed by atoms with Gasteiger partial charge < -0.3 is 47.8 Å². The quantitative estimate of drug-likeness (QED) is 0.0372. The number of amides is 4. The van der Waals surface area contributed by atoms with Crippen molar-refractivity contribution in [1.82, 2.24) is 16.0 Å². The summed E-state index contributed by atoms with van der Waals surface area (Å²) < 4.78 is 1.56. The van der Waals surface area contributed by atoms with Gasteiger partial charge in [0.1, 0.15) is 30.1 Å². The summed E-state index contributed by atoms with van der Waals surface area (Å²) in [6.45, 7) is 0.243. The van der Waals surface area contributed by atoms with E-state index in [1.807, 2.05) is 45.4 Å². The number of halogens is 1. The van der Waals surface area contributed by atoms with Crippen LogP contribution in [0.4, 0.5) is 0 Å². The second kappa shape index (κ2) is 21.5. The molecule has 0 saturated carbocycles. The third-order valence-electron chi connectivity index (χ3n) is 7.68. The zero-order chi connectivity index (χ0) is 38.8. The summed E-state index contributed by atoms with van der Waals surface area (Å²) in [5.74, 6) is -4.44. The van der Waals surface area contributed by atoms with Crippen LogP contribution in [-0.4, -0.2) is 115 Å². The maximum atomic E-state index is 13.8. The molecule has 0 aliphatic rings. The molecule has 0 saturated heterocycles. The van der Waals surface area contributed by atoms with Crippen LogP contribution in [0.3, 0.4) is 0 Å². The van der Waals surface area contributed by atoms with Gasteiger partial charge in [0.25, 0.3) is 11.8 Å². The molecule has 3 unspecified atom stereocenters. The smallest absolute Gasteiger partial charge is 0.322 e. The van der Waals surface area contributed by atoms with Crippen LogP contribution in [0.15, 0.2) is 63.0 Å². The fourth-order valence-corrected chi connectivity index (χ4v) is 5.19. The molecule has 0 aliphatic heterocycles. The molecule has 2 aromatic rings. The van der Waals surface area contributed by atoms with E-state index in [0.717, 1.165) is 23.0 Å². The fourth-order valence-electron chi connectivity index (χ4n) is 4.93. The number of carboxylic acid groups (broad SMARTS) is 1. The standard InChI is InChI=1S/C35H50BrN9O7/c1-45(2,3)18-5-4-7-27(42-31(49)26(37)19-22-9-13-24(36)14-10-22)33(51)43-28(8-6-17-40-35(38)39)34(52)44-29(32(50)41-21-30(47)48)20-23-11-15-25(46)16-12-23/h9-16,26,28-29H,4-8,17-21,37H2,1-3H3,(H8-,38,39,40,41,43,44,46,47,48,50,51,52)/p+1. The Kier molecular flexibility index (Phi) is 17.9. The molecule has 2 rings (SSSR count). The number of carboxylic acids is 1.